The van der Waals surface area contributed by atoms with Crippen LogP contribution < -0.4 is 0 Å². The lowest BCUT2D eigenvalue weighted by atomic mass is 10.00. The Labute approximate surface area is 143 Å². The molecule has 0 spiro atoms. The van der Waals surface area contributed by atoms with Gasteiger partial charge in [0, 0.05) is 22.3 Å². The minimum atomic E-state index is -0.286. The highest BCUT2D eigenvalue weighted by molar-refractivity contribution is 9.10. The zero-order valence-electron chi connectivity index (χ0n) is 12.9. The van der Waals surface area contributed by atoms with Crippen molar-refractivity contribution in [3.63, 3.8) is 0 Å². The summed E-state index contributed by atoms with van der Waals surface area (Å²) in [4.78, 5) is 24.9. The van der Waals surface area contributed by atoms with Gasteiger partial charge in [-0.05, 0) is 37.1 Å². The first kappa shape index (κ1) is 16.0. The van der Waals surface area contributed by atoms with E-state index in [0.29, 0.717) is 11.3 Å². The van der Waals surface area contributed by atoms with Crippen LogP contribution in [0.1, 0.15) is 46.9 Å². The van der Waals surface area contributed by atoms with Crippen LogP contribution in [0.4, 0.5) is 0 Å². The van der Waals surface area contributed by atoms with E-state index >= 15 is 0 Å². The molecule has 5 heteroatoms. The van der Waals surface area contributed by atoms with Gasteiger partial charge in [-0.15, -0.1) is 0 Å². The molecule has 2 aromatic rings. The standard InChI is InChI=1S/C18H18BrNO3/c1-23-18(22)14-7-2-3-10-20-15(14)8-9-16(20)17(21)12-5-4-6-13(19)11-12/h4-6,8-9,11,14H,2-3,7,10H2,1H3. The van der Waals surface area contributed by atoms with E-state index in [2.05, 4.69) is 15.9 Å². The molecular weight excluding hydrogens is 358 g/mol. The summed E-state index contributed by atoms with van der Waals surface area (Å²) in [5.74, 6) is -0.540. The predicted octanol–water partition coefficient (Wildman–Crippen LogP) is 3.92. The van der Waals surface area contributed by atoms with Gasteiger partial charge in [-0.25, -0.2) is 0 Å². The summed E-state index contributed by atoms with van der Waals surface area (Å²) in [5, 5.41) is 0. The molecule has 0 amide bonds. The summed E-state index contributed by atoms with van der Waals surface area (Å²) >= 11 is 3.40. The van der Waals surface area contributed by atoms with Crippen LogP contribution in [0.2, 0.25) is 0 Å². The van der Waals surface area contributed by atoms with Crippen molar-refractivity contribution in [2.24, 2.45) is 0 Å². The van der Waals surface area contributed by atoms with Gasteiger partial charge < -0.3 is 9.30 Å². The number of nitrogens with zero attached hydrogens (tertiary/aromatic N) is 1. The van der Waals surface area contributed by atoms with Crippen molar-refractivity contribution in [1.82, 2.24) is 4.57 Å². The minimum Gasteiger partial charge on any atom is -0.469 e. The molecule has 1 unspecified atom stereocenters. The average molecular weight is 376 g/mol. The lowest BCUT2D eigenvalue weighted by molar-refractivity contribution is -0.142. The summed E-state index contributed by atoms with van der Waals surface area (Å²) in [7, 11) is 1.41. The number of benzene rings is 1. The highest BCUT2D eigenvalue weighted by Gasteiger charge is 2.29. The second-order valence-electron chi connectivity index (χ2n) is 5.71. The predicted molar refractivity (Wildman–Crippen MR) is 90.6 cm³/mol. The Balaban J connectivity index is 2.01. The van der Waals surface area contributed by atoms with E-state index < -0.39 is 0 Å². The van der Waals surface area contributed by atoms with E-state index in [1.807, 2.05) is 41.0 Å². The molecule has 1 aliphatic rings. The Bertz CT molecular complexity index is 750. The number of methoxy groups -OCH3 is 1. The van der Waals surface area contributed by atoms with Crippen molar-refractivity contribution in [3.8, 4) is 0 Å². The third-order valence-electron chi connectivity index (χ3n) is 4.30. The van der Waals surface area contributed by atoms with Crippen LogP contribution in [0.25, 0.3) is 0 Å². The molecule has 0 saturated heterocycles. The molecule has 120 valence electrons. The molecule has 0 saturated carbocycles. The first-order valence-corrected chi connectivity index (χ1v) is 8.48. The van der Waals surface area contributed by atoms with Crippen LogP contribution in [-0.4, -0.2) is 23.4 Å². The highest BCUT2D eigenvalue weighted by Crippen LogP contribution is 2.30. The molecule has 0 radical (unpaired) electrons. The summed E-state index contributed by atoms with van der Waals surface area (Å²) in [6.45, 7) is 0.755. The number of ether oxygens (including phenoxy) is 1. The number of fused-ring (bicyclic) bond motifs is 1. The monoisotopic (exact) mass is 375 g/mol. The molecule has 0 bridgehead atoms. The fraction of sp³-hybridized carbons (Fsp3) is 0.333. The van der Waals surface area contributed by atoms with Gasteiger partial charge in [-0.2, -0.15) is 0 Å². The van der Waals surface area contributed by atoms with Gasteiger partial charge in [0.15, 0.2) is 0 Å². The number of ketones is 1. The van der Waals surface area contributed by atoms with Crippen LogP contribution in [0.15, 0.2) is 40.9 Å². The van der Waals surface area contributed by atoms with Crippen molar-refractivity contribution < 1.29 is 14.3 Å². The number of carbonyl (C=O) groups excluding carboxylic acids is 2. The van der Waals surface area contributed by atoms with Gasteiger partial charge in [0.25, 0.3) is 0 Å². The number of hydrogen-bond donors (Lipinski definition) is 0. The molecule has 3 rings (SSSR count). The molecule has 4 nitrogen and oxygen atoms in total. The van der Waals surface area contributed by atoms with Gasteiger partial charge in [-0.3, -0.25) is 9.59 Å². The second kappa shape index (κ2) is 6.71. The molecule has 23 heavy (non-hydrogen) atoms. The van der Waals surface area contributed by atoms with Crippen molar-refractivity contribution in [3.05, 3.63) is 57.8 Å². The molecule has 0 N–H and O–H groups in total. The Morgan fingerprint density at radius 3 is 2.78 bits per heavy atom. The zero-order valence-corrected chi connectivity index (χ0v) is 14.5. The van der Waals surface area contributed by atoms with Gasteiger partial charge in [0.2, 0.25) is 5.78 Å². The number of halogens is 1. The lowest BCUT2D eigenvalue weighted by Gasteiger charge is -2.15. The van der Waals surface area contributed by atoms with E-state index in [1.54, 1.807) is 0 Å². The smallest absolute Gasteiger partial charge is 0.314 e. The van der Waals surface area contributed by atoms with Crippen molar-refractivity contribution in [2.75, 3.05) is 7.11 Å². The lowest BCUT2D eigenvalue weighted by Crippen LogP contribution is -2.18. The number of esters is 1. The van der Waals surface area contributed by atoms with E-state index in [4.69, 9.17) is 4.74 Å². The van der Waals surface area contributed by atoms with Crippen LogP contribution >= 0.6 is 15.9 Å². The topological polar surface area (TPSA) is 48.3 Å². The quantitative estimate of drug-likeness (QED) is 0.603. The van der Waals surface area contributed by atoms with Crippen molar-refractivity contribution in [1.29, 1.82) is 0 Å². The molecule has 2 heterocycles. The van der Waals surface area contributed by atoms with Crippen LogP contribution in [0.3, 0.4) is 0 Å². The SMILES string of the molecule is COC(=O)C1CCCCn2c(C(=O)c3cccc(Br)c3)ccc21. The first-order valence-electron chi connectivity index (χ1n) is 7.69. The van der Waals surface area contributed by atoms with E-state index in [0.717, 1.165) is 36.0 Å². The summed E-state index contributed by atoms with van der Waals surface area (Å²) in [6.07, 6.45) is 2.67. The highest BCUT2D eigenvalue weighted by atomic mass is 79.9. The third kappa shape index (κ3) is 3.11. The van der Waals surface area contributed by atoms with Crippen molar-refractivity contribution >= 4 is 27.7 Å². The van der Waals surface area contributed by atoms with Gasteiger partial charge in [0.1, 0.15) is 0 Å². The molecule has 1 atom stereocenters. The number of hydrogen-bond acceptors (Lipinski definition) is 3. The number of rotatable bonds is 3. The number of carbonyl (C=O) groups is 2. The normalized spacial score (nSPS) is 17.2. The second-order valence-corrected chi connectivity index (χ2v) is 6.62. The van der Waals surface area contributed by atoms with Gasteiger partial charge >= 0.3 is 5.97 Å². The Kier molecular flexibility index (Phi) is 4.66. The maximum absolute atomic E-state index is 12.8. The zero-order chi connectivity index (χ0) is 16.4. The third-order valence-corrected chi connectivity index (χ3v) is 4.79. The molecule has 0 fully saturated rings. The van der Waals surface area contributed by atoms with Gasteiger partial charge in [0.05, 0.1) is 18.7 Å². The Hall–Kier alpha value is -1.88. The van der Waals surface area contributed by atoms with Crippen LogP contribution in [0.5, 0.6) is 0 Å². The maximum atomic E-state index is 12.8. The van der Waals surface area contributed by atoms with Crippen LogP contribution in [-0.2, 0) is 16.1 Å². The fourth-order valence-corrected chi connectivity index (χ4v) is 3.56. The first-order chi connectivity index (χ1) is 11.1. The molecule has 1 aliphatic heterocycles. The maximum Gasteiger partial charge on any atom is 0.314 e. The van der Waals surface area contributed by atoms with E-state index in [-0.39, 0.29) is 17.7 Å². The molecule has 0 aliphatic carbocycles. The molecule has 1 aromatic heterocycles. The fourth-order valence-electron chi connectivity index (χ4n) is 3.16. The summed E-state index contributed by atoms with van der Waals surface area (Å²) in [6, 6.07) is 11.1. The van der Waals surface area contributed by atoms with E-state index in [9.17, 15) is 9.59 Å². The summed E-state index contributed by atoms with van der Waals surface area (Å²) < 4.78 is 7.79. The van der Waals surface area contributed by atoms with Crippen LogP contribution in [0, 0.1) is 0 Å². The average Bonchev–Trinajstić information content (AvgIpc) is 2.86. The van der Waals surface area contributed by atoms with E-state index in [1.165, 1.54) is 7.11 Å². The Morgan fingerprint density at radius 2 is 2.04 bits per heavy atom. The number of aromatic nitrogens is 1. The molecule has 1 aromatic carbocycles. The Morgan fingerprint density at radius 1 is 1.22 bits per heavy atom. The van der Waals surface area contributed by atoms with Crippen molar-refractivity contribution in [2.45, 2.75) is 31.7 Å². The summed E-state index contributed by atoms with van der Waals surface area (Å²) in [5.41, 5.74) is 2.15. The molecular formula is C18H18BrNO3. The largest absolute Gasteiger partial charge is 0.469 e. The van der Waals surface area contributed by atoms with Gasteiger partial charge in [-0.1, -0.05) is 34.5 Å². The minimum absolute atomic E-state index is 0.0249.